The van der Waals surface area contributed by atoms with Crippen molar-refractivity contribution in [2.24, 2.45) is 35.0 Å². The van der Waals surface area contributed by atoms with Crippen LogP contribution in [-0.2, 0) is 24.0 Å². The van der Waals surface area contributed by atoms with Crippen molar-refractivity contribution in [3.63, 3.8) is 0 Å². The van der Waals surface area contributed by atoms with Gasteiger partial charge in [0.1, 0.15) is 5.75 Å². The van der Waals surface area contributed by atoms with Gasteiger partial charge in [-0.2, -0.15) is 0 Å². The van der Waals surface area contributed by atoms with Crippen molar-refractivity contribution in [2.75, 3.05) is 9.80 Å². The molecular weight excluding hydrogens is 544 g/mol. The normalized spacial score (nSPS) is 29.3. The monoisotopic (exact) mass is 574 g/mol. The number of hydrogen-bond donors (Lipinski definition) is 0. The molecule has 1 saturated carbocycles. The van der Waals surface area contributed by atoms with E-state index >= 15 is 0 Å². The smallest absolute Gasteiger partial charge is 0.339 e. The van der Waals surface area contributed by atoms with E-state index in [4.69, 9.17) is 4.74 Å². The van der Waals surface area contributed by atoms with Crippen LogP contribution >= 0.6 is 0 Å². The topological polar surface area (TPSA) is 101 Å². The van der Waals surface area contributed by atoms with E-state index < -0.39 is 64.6 Å². The first-order valence-corrected chi connectivity index (χ1v) is 14.4. The Labute approximate surface area is 248 Å². The highest BCUT2D eigenvalue weighted by molar-refractivity contribution is 6.28. The van der Waals surface area contributed by atoms with Gasteiger partial charge in [0.2, 0.25) is 23.6 Å². The summed E-state index contributed by atoms with van der Waals surface area (Å²) in [7, 11) is 0. The molecule has 8 nitrogen and oxygen atoms in total. The summed E-state index contributed by atoms with van der Waals surface area (Å²) in [5.41, 5.74) is 1.65. The van der Waals surface area contributed by atoms with Crippen LogP contribution in [0, 0.1) is 48.9 Å². The Bertz CT molecular complexity index is 1700. The van der Waals surface area contributed by atoms with Crippen molar-refractivity contribution < 1.29 is 28.7 Å². The molecule has 0 aromatic heterocycles. The van der Waals surface area contributed by atoms with Gasteiger partial charge in [-0.25, -0.2) is 14.6 Å². The number of hydrogen-bond acceptors (Lipinski definition) is 6. The van der Waals surface area contributed by atoms with E-state index in [-0.39, 0.29) is 5.57 Å². The maximum atomic E-state index is 14.4. The van der Waals surface area contributed by atoms with Gasteiger partial charge < -0.3 is 4.74 Å². The van der Waals surface area contributed by atoms with Gasteiger partial charge in [-0.1, -0.05) is 67.1 Å². The number of rotatable bonds is 4. The largest absolute Gasteiger partial charge is 0.423 e. The third kappa shape index (κ3) is 3.46. The molecule has 5 aliphatic rings. The molecule has 6 atom stereocenters. The maximum Gasteiger partial charge on any atom is 0.339 e. The second kappa shape index (κ2) is 9.33. The quantitative estimate of drug-likeness (QED) is 0.252. The zero-order valence-electron chi connectivity index (χ0n) is 24.2. The van der Waals surface area contributed by atoms with Gasteiger partial charge in [0.05, 0.1) is 35.0 Å². The Kier molecular flexibility index (Phi) is 5.86. The first-order valence-electron chi connectivity index (χ1n) is 14.4. The molecule has 8 rings (SSSR count). The van der Waals surface area contributed by atoms with Gasteiger partial charge in [-0.3, -0.25) is 19.2 Å². The second-order valence-corrected chi connectivity index (χ2v) is 12.2. The lowest BCUT2D eigenvalue weighted by molar-refractivity contribution is -0.152. The fourth-order valence-corrected chi connectivity index (χ4v) is 8.36. The van der Waals surface area contributed by atoms with Crippen LogP contribution in [0.5, 0.6) is 5.75 Å². The summed E-state index contributed by atoms with van der Waals surface area (Å²) in [6.07, 6.45) is 0. The van der Waals surface area contributed by atoms with E-state index in [1.165, 1.54) is 9.80 Å². The third-order valence-electron chi connectivity index (χ3n) is 10.1. The number of esters is 1. The van der Waals surface area contributed by atoms with Crippen molar-refractivity contribution >= 4 is 41.0 Å². The zero-order valence-corrected chi connectivity index (χ0v) is 24.2. The van der Waals surface area contributed by atoms with E-state index in [0.717, 1.165) is 11.1 Å². The van der Waals surface area contributed by atoms with Crippen LogP contribution in [0.3, 0.4) is 0 Å². The highest BCUT2D eigenvalue weighted by Crippen LogP contribution is 2.69. The number of aryl methyl sites for hydroxylation is 2. The minimum Gasteiger partial charge on any atom is -0.423 e. The van der Waals surface area contributed by atoms with Crippen LogP contribution in [0.25, 0.3) is 0 Å². The van der Waals surface area contributed by atoms with E-state index in [9.17, 15) is 24.0 Å². The number of para-hydroxylation sites is 3. The molecule has 216 valence electrons. The van der Waals surface area contributed by atoms with E-state index in [1.54, 1.807) is 68.4 Å². The van der Waals surface area contributed by atoms with Crippen molar-refractivity contribution in [3.05, 3.63) is 101 Å². The Morgan fingerprint density at radius 3 is 1.53 bits per heavy atom. The van der Waals surface area contributed by atoms with Gasteiger partial charge in [0.25, 0.3) is 0 Å². The fourth-order valence-electron chi connectivity index (χ4n) is 8.36. The van der Waals surface area contributed by atoms with Crippen LogP contribution < -0.4 is 14.5 Å². The third-order valence-corrected chi connectivity index (χ3v) is 10.1. The van der Waals surface area contributed by atoms with Gasteiger partial charge in [-0.05, 0) is 56.2 Å². The molecule has 8 heteroatoms. The van der Waals surface area contributed by atoms with Gasteiger partial charge in [-0.15, -0.1) is 0 Å². The van der Waals surface area contributed by atoms with Crippen LogP contribution in [-0.4, -0.2) is 29.6 Å². The summed E-state index contributed by atoms with van der Waals surface area (Å²) in [6.45, 7) is 7.07. The number of amides is 4. The predicted octanol–water partition coefficient (Wildman–Crippen LogP) is 4.79. The summed E-state index contributed by atoms with van der Waals surface area (Å²) in [6, 6.07) is 22.8. The summed E-state index contributed by atoms with van der Waals surface area (Å²) in [5, 5.41) is 0. The summed E-state index contributed by atoms with van der Waals surface area (Å²) in [4.78, 5) is 73.9. The number of allylic oxidation sites excluding steroid dienone is 1. The molecule has 2 bridgehead atoms. The Morgan fingerprint density at radius 1 is 0.628 bits per heavy atom. The number of carbonyl (C=O) groups excluding carboxylic acids is 5. The second-order valence-electron chi connectivity index (χ2n) is 12.2. The van der Waals surface area contributed by atoms with Crippen molar-refractivity contribution in [1.29, 1.82) is 0 Å². The number of nitrogens with zero attached hydrogens (tertiary/aromatic N) is 2. The first kappa shape index (κ1) is 27.0. The lowest BCUT2D eigenvalue weighted by atomic mass is 9.43. The SMILES string of the molecule is CC1=C(C(=O)Oc2ccccc2)C2(C)[C@@H]3C(=O)N(c4ccccc4C)C(=O)[C@@H]3C1[C@@H]1C(=O)N(c3ccccc3C)C(=O)[C@H]12. The van der Waals surface area contributed by atoms with Crippen LogP contribution in [0.4, 0.5) is 11.4 Å². The van der Waals surface area contributed by atoms with E-state index in [1.807, 2.05) is 38.1 Å². The van der Waals surface area contributed by atoms with E-state index in [0.29, 0.717) is 22.7 Å². The molecule has 3 aromatic rings. The highest BCUT2D eigenvalue weighted by atomic mass is 16.5. The average molecular weight is 575 g/mol. The molecule has 2 unspecified atom stereocenters. The molecule has 43 heavy (non-hydrogen) atoms. The number of ether oxygens (including phenoxy) is 1. The van der Waals surface area contributed by atoms with Crippen LogP contribution in [0.2, 0.25) is 0 Å². The fraction of sp³-hybridized carbons (Fsp3) is 0.286. The minimum absolute atomic E-state index is 0.199. The average Bonchev–Trinajstić information content (AvgIpc) is 3.40. The van der Waals surface area contributed by atoms with Gasteiger partial charge >= 0.3 is 5.97 Å². The molecule has 0 radical (unpaired) electrons. The van der Waals surface area contributed by atoms with Gasteiger partial charge in [0, 0.05) is 16.9 Å². The number of carbonyl (C=O) groups is 5. The lowest BCUT2D eigenvalue weighted by Crippen LogP contribution is -2.61. The Morgan fingerprint density at radius 2 is 1.07 bits per heavy atom. The minimum atomic E-state index is -1.48. The predicted molar refractivity (Wildman–Crippen MR) is 158 cm³/mol. The molecule has 3 aliphatic carbocycles. The molecule has 2 saturated heterocycles. The van der Waals surface area contributed by atoms with Crippen molar-refractivity contribution in [2.45, 2.75) is 27.7 Å². The van der Waals surface area contributed by atoms with Crippen LogP contribution in [0.15, 0.2) is 90.0 Å². The summed E-state index contributed by atoms with van der Waals surface area (Å²) in [5.74, 6) is -6.82. The van der Waals surface area contributed by atoms with E-state index in [2.05, 4.69) is 0 Å². The lowest BCUT2D eigenvalue weighted by Gasteiger charge is -2.55. The number of imide groups is 2. The number of anilines is 2. The Balaban J connectivity index is 1.42. The molecular formula is C35H30N2O6. The summed E-state index contributed by atoms with van der Waals surface area (Å²) >= 11 is 0. The standard InChI is InChI=1S/C35H30N2O6/c1-18-12-8-10-16-22(18)36-30(38)25-24-20(3)27(34(42)43-21-14-6-5-7-15-21)35(4,28(25)32(36)40)29-26(24)31(39)37(33(29)41)23-17-11-9-13-19(23)2/h5-17,24-26,28-29H,1-4H3/t24?,25-,26+,28-,29-,35?/m0/s1. The molecule has 3 fully saturated rings. The van der Waals surface area contributed by atoms with Crippen molar-refractivity contribution in [3.8, 4) is 5.75 Å². The molecule has 0 spiro atoms. The molecule has 2 aliphatic heterocycles. The van der Waals surface area contributed by atoms with Crippen LogP contribution in [0.1, 0.15) is 25.0 Å². The molecule has 2 heterocycles. The maximum absolute atomic E-state index is 14.4. The van der Waals surface area contributed by atoms with Gasteiger partial charge in [0.15, 0.2) is 0 Å². The van der Waals surface area contributed by atoms with Crippen molar-refractivity contribution in [1.82, 2.24) is 0 Å². The zero-order chi connectivity index (χ0) is 30.4. The molecule has 3 aromatic carbocycles. The Hall–Kier alpha value is -4.85. The summed E-state index contributed by atoms with van der Waals surface area (Å²) < 4.78 is 5.81. The number of benzene rings is 3. The molecule has 0 N–H and O–H groups in total. The molecule has 4 amide bonds. The first-order chi connectivity index (χ1) is 20.6. The highest BCUT2D eigenvalue weighted by Gasteiger charge is 2.77.